The second-order valence-electron chi connectivity index (χ2n) is 6.95. The molecule has 0 aromatic heterocycles. The van der Waals surface area contributed by atoms with Gasteiger partial charge in [0.05, 0.1) is 0 Å². The number of hydrogen-bond donors (Lipinski definition) is 0. The summed E-state index contributed by atoms with van der Waals surface area (Å²) >= 11 is 0. The minimum atomic E-state index is 1.00. The summed E-state index contributed by atoms with van der Waals surface area (Å²) in [6.07, 6.45) is 14.3. The van der Waals surface area contributed by atoms with Crippen LogP contribution in [-0.4, -0.2) is 66.1 Å². The minimum Gasteiger partial charge on any atom is -0.381 e. The molecule has 5 heterocycles. The van der Waals surface area contributed by atoms with Gasteiger partial charge in [-0.25, -0.2) is 0 Å². The summed E-state index contributed by atoms with van der Waals surface area (Å²) in [5, 5.41) is 0. The van der Waals surface area contributed by atoms with Crippen LogP contribution >= 0.6 is 0 Å². The van der Waals surface area contributed by atoms with Crippen molar-refractivity contribution in [2.45, 2.75) is 70.6 Å². The predicted molar refractivity (Wildman–Crippen MR) is 105 cm³/mol. The second kappa shape index (κ2) is 21.1. The molecule has 0 saturated carbocycles. The molecule has 5 fully saturated rings. The van der Waals surface area contributed by atoms with Crippen LogP contribution in [-0.2, 0) is 23.7 Å². The minimum absolute atomic E-state index is 1.00. The standard InChI is InChI=1S/3C5H10O.2C3H6O/c3*1-2-4-6-5-3-1;2*1-2-4-3-1/h3*1-5H2;2*1-3H2. The van der Waals surface area contributed by atoms with E-state index in [0.717, 1.165) is 66.1 Å². The van der Waals surface area contributed by atoms with Crippen LogP contribution in [0.5, 0.6) is 0 Å². The van der Waals surface area contributed by atoms with Gasteiger partial charge in [0.25, 0.3) is 0 Å². The third-order valence-corrected chi connectivity index (χ3v) is 4.39. The molecule has 5 nitrogen and oxygen atoms in total. The van der Waals surface area contributed by atoms with E-state index in [1.54, 1.807) is 0 Å². The molecule has 5 aliphatic heterocycles. The third kappa shape index (κ3) is 18.6. The molecule has 0 spiro atoms. The molecule has 26 heavy (non-hydrogen) atoms. The zero-order valence-electron chi connectivity index (χ0n) is 16.9. The maximum Gasteiger partial charge on any atom is 0.0488 e. The Balaban J connectivity index is 0.000000164. The summed E-state index contributed by atoms with van der Waals surface area (Å²) in [6.45, 7) is 10.0. The Labute approximate surface area is 161 Å². The van der Waals surface area contributed by atoms with Gasteiger partial charge < -0.3 is 23.7 Å². The van der Waals surface area contributed by atoms with E-state index in [-0.39, 0.29) is 0 Å². The molecular formula is C21H42O5. The zero-order valence-corrected chi connectivity index (χ0v) is 16.9. The molecule has 5 saturated heterocycles. The van der Waals surface area contributed by atoms with Gasteiger partial charge in [0, 0.05) is 66.1 Å². The topological polar surface area (TPSA) is 46.2 Å². The summed E-state index contributed by atoms with van der Waals surface area (Å²) in [4.78, 5) is 0. The van der Waals surface area contributed by atoms with Crippen molar-refractivity contribution in [1.29, 1.82) is 0 Å². The van der Waals surface area contributed by atoms with Gasteiger partial charge in [-0.1, -0.05) is 0 Å². The molecule has 156 valence electrons. The van der Waals surface area contributed by atoms with E-state index in [0.29, 0.717) is 0 Å². The SMILES string of the molecule is C1CCOCC1.C1CCOCC1.C1CCOCC1.C1COC1.C1COC1. The summed E-state index contributed by atoms with van der Waals surface area (Å²) in [6, 6.07) is 0. The highest BCUT2D eigenvalue weighted by Crippen LogP contribution is 2.03. The molecule has 5 heteroatoms. The maximum atomic E-state index is 5.07. The van der Waals surface area contributed by atoms with Crippen molar-refractivity contribution >= 4 is 0 Å². The lowest BCUT2D eigenvalue weighted by molar-refractivity contribution is 0.0366. The smallest absolute Gasteiger partial charge is 0.0488 e. The third-order valence-electron chi connectivity index (χ3n) is 4.39. The summed E-state index contributed by atoms with van der Waals surface area (Å²) in [7, 11) is 0. The normalized spacial score (nSPS) is 24.0. The van der Waals surface area contributed by atoms with Gasteiger partial charge in [0.15, 0.2) is 0 Å². The first-order valence-electron chi connectivity index (χ1n) is 10.9. The fourth-order valence-electron chi connectivity index (χ4n) is 2.35. The first kappa shape index (κ1) is 23.8. The molecule has 5 rings (SSSR count). The van der Waals surface area contributed by atoms with Crippen LogP contribution in [0.15, 0.2) is 0 Å². The second-order valence-corrected chi connectivity index (χ2v) is 6.95. The average Bonchev–Trinajstić information content (AvgIpc) is 2.64. The Hall–Kier alpha value is -0.200. The molecule has 0 radical (unpaired) electrons. The van der Waals surface area contributed by atoms with Crippen LogP contribution in [0.1, 0.15) is 70.6 Å². The highest BCUT2D eigenvalue weighted by Gasteiger charge is 1.96. The largest absolute Gasteiger partial charge is 0.381 e. The Bertz CT molecular complexity index is 164. The number of hydrogen-bond acceptors (Lipinski definition) is 5. The van der Waals surface area contributed by atoms with Crippen LogP contribution in [0.4, 0.5) is 0 Å². The van der Waals surface area contributed by atoms with Gasteiger partial charge in [0.1, 0.15) is 0 Å². The van der Waals surface area contributed by atoms with Crippen molar-refractivity contribution in [1.82, 2.24) is 0 Å². The van der Waals surface area contributed by atoms with Gasteiger partial charge in [-0.05, 0) is 70.6 Å². The molecule has 5 aliphatic rings. The Morgan fingerprint density at radius 2 is 0.385 bits per heavy atom. The molecule has 0 bridgehead atoms. The van der Waals surface area contributed by atoms with Crippen molar-refractivity contribution in [2.75, 3.05) is 66.1 Å². The fraction of sp³-hybridized carbons (Fsp3) is 1.00. The van der Waals surface area contributed by atoms with Crippen molar-refractivity contribution in [2.24, 2.45) is 0 Å². The lowest BCUT2D eigenvalue weighted by Gasteiger charge is -2.09. The summed E-state index contributed by atoms with van der Waals surface area (Å²) < 4.78 is 24.7. The fourth-order valence-corrected chi connectivity index (χ4v) is 2.35. The zero-order chi connectivity index (χ0) is 18.4. The van der Waals surface area contributed by atoms with E-state index >= 15 is 0 Å². The molecule has 0 aromatic carbocycles. The Kier molecular flexibility index (Phi) is 19.3. The van der Waals surface area contributed by atoms with E-state index in [1.165, 1.54) is 70.6 Å². The van der Waals surface area contributed by atoms with E-state index in [4.69, 9.17) is 23.7 Å². The lowest BCUT2D eigenvalue weighted by atomic mass is 10.2. The van der Waals surface area contributed by atoms with Crippen molar-refractivity contribution in [3.8, 4) is 0 Å². The predicted octanol–water partition coefficient (Wildman–Crippen LogP) is 4.37. The molecule has 0 aromatic rings. The molecular weight excluding hydrogens is 332 g/mol. The van der Waals surface area contributed by atoms with Crippen LogP contribution in [0.2, 0.25) is 0 Å². The Morgan fingerprint density at radius 3 is 0.423 bits per heavy atom. The quantitative estimate of drug-likeness (QED) is 0.630. The van der Waals surface area contributed by atoms with E-state index in [9.17, 15) is 0 Å². The van der Waals surface area contributed by atoms with Gasteiger partial charge in [-0.15, -0.1) is 0 Å². The molecule has 0 amide bonds. The van der Waals surface area contributed by atoms with Crippen LogP contribution < -0.4 is 0 Å². The number of ether oxygens (including phenoxy) is 5. The van der Waals surface area contributed by atoms with Crippen LogP contribution in [0, 0.1) is 0 Å². The highest BCUT2D eigenvalue weighted by atomic mass is 16.5. The van der Waals surface area contributed by atoms with Crippen LogP contribution in [0.25, 0.3) is 0 Å². The van der Waals surface area contributed by atoms with E-state index < -0.39 is 0 Å². The lowest BCUT2D eigenvalue weighted by Crippen LogP contribution is -2.09. The van der Waals surface area contributed by atoms with Gasteiger partial charge >= 0.3 is 0 Å². The van der Waals surface area contributed by atoms with Crippen molar-refractivity contribution in [3.05, 3.63) is 0 Å². The monoisotopic (exact) mass is 374 g/mol. The van der Waals surface area contributed by atoms with Crippen molar-refractivity contribution < 1.29 is 23.7 Å². The van der Waals surface area contributed by atoms with Crippen LogP contribution in [0.3, 0.4) is 0 Å². The molecule has 0 N–H and O–H groups in total. The summed E-state index contributed by atoms with van der Waals surface area (Å²) in [5.41, 5.74) is 0. The first-order chi connectivity index (χ1) is 13.0. The highest BCUT2D eigenvalue weighted by molar-refractivity contribution is 4.46. The Morgan fingerprint density at radius 1 is 0.192 bits per heavy atom. The van der Waals surface area contributed by atoms with Crippen molar-refractivity contribution in [3.63, 3.8) is 0 Å². The molecule has 0 aliphatic carbocycles. The van der Waals surface area contributed by atoms with Gasteiger partial charge in [-0.3, -0.25) is 0 Å². The van der Waals surface area contributed by atoms with Gasteiger partial charge in [-0.2, -0.15) is 0 Å². The molecule has 0 atom stereocenters. The summed E-state index contributed by atoms with van der Waals surface area (Å²) in [5.74, 6) is 0. The number of rotatable bonds is 0. The van der Waals surface area contributed by atoms with Gasteiger partial charge in [0.2, 0.25) is 0 Å². The molecule has 0 unspecified atom stereocenters. The average molecular weight is 375 g/mol. The maximum absolute atomic E-state index is 5.07. The first-order valence-corrected chi connectivity index (χ1v) is 10.9. The van der Waals surface area contributed by atoms with E-state index in [1.807, 2.05) is 0 Å². The van der Waals surface area contributed by atoms with E-state index in [2.05, 4.69) is 0 Å².